The number of carbonyl (C=O) groups excluding carboxylic acids is 1. The van der Waals surface area contributed by atoms with Crippen molar-refractivity contribution in [2.75, 3.05) is 19.7 Å². The molecule has 0 bridgehead atoms. The lowest BCUT2D eigenvalue weighted by Gasteiger charge is -2.31. The maximum atomic E-state index is 12.4. The molecule has 0 radical (unpaired) electrons. The zero-order valence-corrected chi connectivity index (χ0v) is 13.3. The van der Waals surface area contributed by atoms with E-state index < -0.39 is 0 Å². The second-order valence-electron chi connectivity index (χ2n) is 5.34. The Morgan fingerprint density at radius 3 is 2.68 bits per heavy atom. The summed E-state index contributed by atoms with van der Waals surface area (Å²) in [4.78, 5) is 27.3. The van der Waals surface area contributed by atoms with Crippen LogP contribution in [0.25, 0.3) is 0 Å². The van der Waals surface area contributed by atoms with Gasteiger partial charge in [0.05, 0.1) is 17.8 Å². The third kappa shape index (κ3) is 3.41. The van der Waals surface area contributed by atoms with Gasteiger partial charge in [-0.1, -0.05) is 0 Å². The third-order valence-electron chi connectivity index (χ3n) is 3.83. The predicted octanol–water partition coefficient (Wildman–Crippen LogP) is 2.17. The highest BCUT2D eigenvalue weighted by atomic mass is 32.1. The van der Waals surface area contributed by atoms with E-state index in [1.807, 2.05) is 11.8 Å². The monoisotopic (exact) mass is 318 g/mol. The first-order valence-corrected chi connectivity index (χ1v) is 8.21. The number of rotatable bonds is 4. The molecule has 3 heterocycles. The summed E-state index contributed by atoms with van der Waals surface area (Å²) in [6.45, 7) is 4.01. The lowest BCUT2D eigenvalue weighted by molar-refractivity contribution is 0.0661. The highest BCUT2D eigenvalue weighted by Crippen LogP contribution is 2.22. The molecule has 1 aliphatic rings. The fourth-order valence-corrected chi connectivity index (χ4v) is 3.28. The molecule has 2 aromatic heterocycles. The molecule has 3 rings (SSSR count). The number of amides is 1. The first-order chi connectivity index (χ1) is 10.7. The highest BCUT2D eigenvalue weighted by molar-refractivity contribution is 7.11. The number of nitrogens with zero attached hydrogens (tertiary/aromatic N) is 4. The number of hydrogen-bond donors (Lipinski definition) is 0. The van der Waals surface area contributed by atoms with Gasteiger partial charge in [-0.15, -0.1) is 11.3 Å². The molecule has 0 aliphatic carbocycles. The van der Waals surface area contributed by atoms with Crippen molar-refractivity contribution < 1.29 is 9.53 Å². The molecular weight excluding hydrogens is 300 g/mol. The van der Waals surface area contributed by atoms with Crippen LogP contribution >= 0.6 is 11.3 Å². The Morgan fingerprint density at radius 1 is 1.32 bits per heavy atom. The van der Waals surface area contributed by atoms with Crippen molar-refractivity contribution in [3.63, 3.8) is 0 Å². The predicted molar refractivity (Wildman–Crippen MR) is 83.0 cm³/mol. The first-order valence-electron chi connectivity index (χ1n) is 7.33. The maximum Gasteiger partial charge on any atom is 0.316 e. The molecule has 0 atom stereocenters. The summed E-state index contributed by atoms with van der Waals surface area (Å²) in [6, 6.07) is 2.18. The van der Waals surface area contributed by atoms with E-state index in [0.717, 1.165) is 36.5 Å². The second-order valence-corrected chi connectivity index (χ2v) is 6.20. The van der Waals surface area contributed by atoms with Crippen molar-refractivity contribution in [2.24, 2.45) is 5.92 Å². The van der Waals surface area contributed by atoms with Crippen molar-refractivity contribution in [3.8, 4) is 6.01 Å². The summed E-state index contributed by atoms with van der Waals surface area (Å²) in [5.74, 6) is 0.543. The molecule has 0 unspecified atom stereocenters. The molecule has 116 valence electrons. The van der Waals surface area contributed by atoms with Crippen molar-refractivity contribution in [1.82, 2.24) is 19.9 Å². The van der Waals surface area contributed by atoms with E-state index in [1.54, 1.807) is 24.0 Å². The highest BCUT2D eigenvalue weighted by Gasteiger charge is 2.25. The van der Waals surface area contributed by atoms with Gasteiger partial charge in [0, 0.05) is 25.5 Å². The summed E-state index contributed by atoms with van der Waals surface area (Å²) in [5.41, 5.74) is 2.55. The topological polar surface area (TPSA) is 68.2 Å². The number of carbonyl (C=O) groups is 1. The van der Waals surface area contributed by atoms with Crippen LogP contribution in [0.2, 0.25) is 0 Å². The van der Waals surface area contributed by atoms with Crippen LogP contribution in [-0.2, 0) is 0 Å². The molecule has 22 heavy (non-hydrogen) atoms. The van der Waals surface area contributed by atoms with E-state index in [2.05, 4.69) is 15.0 Å². The van der Waals surface area contributed by atoms with Gasteiger partial charge >= 0.3 is 6.01 Å². The standard InChI is InChI=1S/C15H18N4O2S/c1-11-13(22-10-18-11)14(20)19-7-3-12(4-8-19)9-21-15-16-5-2-6-17-15/h2,5-6,10,12H,3-4,7-9H2,1H3. The van der Waals surface area contributed by atoms with Crippen LogP contribution in [0.4, 0.5) is 0 Å². The molecule has 1 aliphatic heterocycles. The minimum atomic E-state index is 0.103. The van der Waals surface area contributed by atoms with E-state index >= 15 is 0 Å². The number of aromatic nitrogens is 3. The summed E-state index contributed by atoms with van der Waals surface area (Å²) in [5, 5.41) is 0. The van der Waals surface area contributed by atoms with Gasteiger partial charge in [0.2, 0.25) is 0 Å². The molecular formula is C15H18N4O2S. The molecule has 2 aromatic rings. The Kier molecular flexibility index (Phi) is 4.62. The fourth-order valence-electron chi connectivity index (χ4n) is 2.51. The van der Waals surface area contributed by atoms with Crippen LogP contribution in [-0.4, -0.2) is 45.5 Å². The van der Waals surface area contributed by atoms with Gasteiger partial charge in [-0.05, 0) is 31.7 Å². The average molecular weight is 318 g/mol. The van der Waals surface area contributed by atoms with E-state index in [9.17, 15) is 4.79 Å². The number of piperidine rings is 1. The van der Waals surface area contributed by atoms with E-state index in [-0.39, 0.29) is 5.91 Å². The third-order valence-corrected chi connectivity index (χ3v) is 4.75. The van der Waals surface area contributed by atoms with E-state index in [1.165, 1.54) is 11.3 Å². The van der Waals surface area contributed by atoms with Gasteiger partial charge in [-0.2, -0.15) is 0 Å². The summed E-state index contributed by atoms with van der Waals surface area (Å²) in [6.07, 6.45) is 5.22. The van der Waals surface area contributed by atoms with Gasteiger partial charge in [0.25, 0.3) is 5.91 Å². The Bertz CT molecular complexity index is 623. The van der Waals surface area contributed by atoms with Crippen molar-refractivity contribution in [1.29, 1.82) is 0 Å². The first kappa shape index (κ1) is 14.9. The van der Waals surface area contributed by atoms with Crippen molar-refractivity contribution >= 4 is 17.2 Å². The number of thiazole rings is 1. The van der Waals surface area contributed by atoms with Crippen LogP contribution in [0.1, 0.15) is 28.2 Å². The van der Waals surface area contributed by atoms with Gasteiger partial charge in [-0.3, -0.25) is 4.79 Å². The molecule has 0 aromatic carbocycles. The molecule has 0 saturated carbocycles. The number of likely N-dealkylation sites (tertiary alicyclic amines) is 1. The lowest BCUT2D eigenvalue weighted by Crippen LogP contribution is -2.39. The van der Waals surface area contributed by atoms with Crippen LogP contribution < -0.4 is 4.74 Å². The van der Waals surface area contributed by atoms with Crippen molar-refractivity contribution in [2.45, 2.75) is 19.8 Å². The Morgan fingerprint density at radius 2 is 2.05 bits per heavy atom. The van der Waals surface area contributed by atoms with E-state index in [4.69, 9.17) is 4.74 Å². The lowest BCUT2D eigenvalue weighted by atomic mass is 9.97. The van der Waals surface area contributed by atoms with Crippen LogP contribution in [0.3, 0.4) is 0 Å². The molecule has 1 fully saturated rings. The quantitative estimate of drug-likeness (QED) is 0.864. The largest absolute Gasteiger partial charge is 0.463 e. The van der Waals surface area contributed by atoms with Gasteiger partial charge in [0.15, 0.2) is 0 Å². The minimum absolute atomic E-state index is 0.103. The minimum Gasteiger partial charge on any atom is -0.463 e. The number of ether oxygens (including phenoxy) is 1. The van der Waals surface area contributed by atoms with E-state index in [0.29, 0.717) is 18.5 Å². The summed E-state index contributed by atoms with van der Waals surface area (Å²) in [7, 11) is 0. The van der Waals surface area contributed by atoms with Crippen molar-refractivity contribution in [3.05, 3.63) is 34.5 Å². The summed E-state index contributed by atoms with van der Waals surface area (Å²) >= 11 is 1.42. The second kappa shape index (κ2) is 6.83. The Labute approximate surface area is 133 Å². The zero-order chi connectivity index (χ0) is 15.4. The normalized spacial score (nSPS) is 15.8. The van der Waals surface area contributed by atoms with Crippen LogP contribution in [0, 0.1) is 12.8 Å². The molecule has 1 amide bonds. The number of aryl methyl sites for hydroxylation is 1. The molecule has 7 heteroatoms. The fraction of sp³-hybridized carbons (Fsp3) is 0.467. The smallest absolute Gasteiger partial charge is 0.316 e. The number of hydrogen-bond acceptors (Lipinski definition) is 6. The SMILES string of the molecule is Cc1ncsc1C(=O)N1CCC(COc2ncccn2)CC1. The summed E-state index contributed by atoms with van der Waals surface area (Å²) < 4.78 is 5.60. The average Bonchev–Trinajstić information content (AvgIpc) is 3.00. The molecule has 0 N–H and O–H groups in total. The zero-order valence-electron chi connectivity index (χ0n) is 12.4. The van der Waals surface area contributed by atoms with Gasteiger partial charge in [-0.25, -0.2) is 15.0 Å². The molecule has 1 saturated heterocycles. The Balaban J connectivity index is 1.48. The van der Waals surface area contributed by atoms with Gasteiger partial charge < -0.3 is 9.64 Å². The Hall–Kier alpha value is -2.02. The molecule has 0 spiro atoms. The van der Waals surface area contributed by atoms with Crippen LogP contribution in [0.15, 0.2) is 24.0 Å². The van der Waals surface area contributed by atoms with Crippen LogP contribution in [0.5, 0.6) is 6.01 Å². The molecule has 6 nitrogen and oxygen atoms in total. The van der Waals surface area contributed by atoms with Gasteiger partial charge in [0.1, 0.15) is 4.88 Å². The maximum absolute atomic E-state index is 12.4.